The van der Waals surface area contributed by atoms with Crippen molar-refractivity contribution in [2.75, 3.05) is 17.1 Å². The van der Waals surface area contributed by atoms with Crippen molar-refractivity contribution in [2.45, 2.75) is 52.5 Å². The highest BCUT2D eigenvalue weighted by molar-refractivity contribution is 7.92. The zero-order chi connectivity index (χ0) is 17.5. The van der Waals surface area contributed by atoms with Crippen LogP contribution in [-0.4, -0.2) is 33.2 Å². The molecule has 0 heterocycles. The van der Waals surface area contributed by atoms with Crippen LogP contribution in [0, 0.1) is 6.92 Å². The highest BCUT2D eigenvalue weighted by atomic mass is 32.2. The fraction of sp³-hybridized carbons (Fsp3) is 0.588. The standard InChI is InChI=1S/C17H28N2O3S/c1-5-7-8-13-18-17(20)16(6-2)19(23(4,21)22)15-11-9-14(3)10-12-15/h9-12,16H,5-8,13H2,1-4H3,(H,18,20). The fourth-order valence-corrected chi connectivity index (χ4v) is 3.67. The van der Waals surface area contributed by atoms with Gasteiger partial charge in [-0.05, 0) is 31.9 Å². The van der Waals surface area contributed by atoms with Gasteiger partial charge in [0.2, 0.25) is 15.9 Å². The Morgan fingerprint density at radius 2 is 1.78 bits per heavy atom. The van der Waals surface area contributed by atoms with Gasteiger partial charge in [-0.15, -0.1) is 0 Å². The number of nitrogens with zero attached hydrogens (tertiary/aromatic N) is 1. The number of anilines is 1. The van der Waals surface area contributed by atoms with E-state index in [1.807, 2.05) is 26.0 Å². The predicted molar refractivity (Wildman–Crippen MR) is 95.1 cm³/mol. The number of amides is 1. The Bertz CT molecular complexity index is 597. The second-order valence-corrected chi connectivity index (χ2v) is 7.68. The molecule has 1 N–H and O–H groups in total. The number of hydrogen-bond donors (Lipinski definition) is 1. The molecule has 0 saturated carbocycles. The maximum atomic E-state index is 12.4. The van der Waals surface area contributed by atoms with E-state index in [0.29, 0.717) is 18.7 Å². The van der Waals surface area contributed by atoms with Gasteiger partial charge in [-0.25, -0.2) is 8.42 Å². The van der Waals surface area contributed by atoms with Crippen molar-refractivity contribution < 1.29 is 13.2 Å². The van der Waals surface area contributed by atoms with Crippen LogP contribution in [-0.2, 0) is 14.8 Å². The molecule has 1 unspecified atom stereocenters. The van der Waals surface area contributed by atoms with Gasteiger partial charge in [0.15, 0.2) is 0 Å². The maximum absolute atomic E-state index is 12.4. The van der Waals surface area contributed by atoms with Gasteiger partial charge in [0, 0.05) is 6.54 Å². The molecule has 0 bridgehead atoms. The van der Waals surface area contributed by atoms with Crippen molar-refractivity contribution in [1.82, 2.24) is 5.32 Å². The zero-order valence-electron chi connectivity index (χ0n) is 14.5. The summed E-state index contributed by atoms with van der Waals surface area (Å²) < 4.78 is 25.7. The maximum Gasteiger partial charge on any atom is 0.243 e. The zero-order valence-corrected chi connectivity index (χ0v) is 15.3. The van der Waals surface area contributed by atoms with Gasteiger partial charge < -0.3 is 5.32 Å². The number of unbranched alkanes of at least 4 members (excludes halogenated alkanes) is 2. The fourth-order valence-electron chi connectivity index (χ4n) is 2.46. The lowest BCUT2D eigenvalue weighted by molar-refractivity contribution is -0.122. The lowest BCUT2D eigenvalue weighted by Crippen LogP contribution is -2.49. The molecule has 6 heteroatoms. The van der Waals surface area contributed by atoms with E-state index in [2.05, 4.69) is 12.2 Å². The number of sulfonamides is 1. The molecule has 1 rings (SSSR count). The van der Waals surface area contributed by atoms with E-state index in [1.165, 1.54) is 4.31 Å². The second-order valence-electron chi connectivity index (χ2n) is 5.82. The van der Waals surface area contributed by atoms with E-state index in [4.69, 9.17) is 0 Å². The molecular weight excluding hydrogens is 312 g/mol. The van der Waals surface area contributed by atoms with Crippen molar-refractivity contribution in [2.24, 2.45) is 0 Å². The summed E-state index contributed by atoms with van der Waals surface area (Å²) >= 11 is 0. The SMILES string of the molecule is CCCCCNC(=O)C(CC)N(c1ccc(C)cc1)S(C)(=O)=O. The topological polar surface area (TPSA) is 66.5 Å². The molecule has 0 fully saturated rings. The van der Waals surface area contributed by atoms with Crippen LogP contribution >= 0.6 is 0 Å². The molecule has 130 valence electrons. The largest absolute Gasteiger partial charge is 0.354 e. The van der Waals surface area contributed by atoms with Gasteiger partial charge in [-0.3, -0.25) is 9.10 Å². The molecule has 0 aliphatic heterocycles. The number of nitrogens with one attached hydrogen (secondary N) is 1. The second kappa shape index (κ2) is 8.91. The smallest absolute Gasteiger partial charge is 0.243 e. The van der Waals surface area contributed by atoms with Crippen molar-refractivity contribution in [3.8, 4) is 0 Å². The Morgan fingerprint density at radius 3 is 2.26 bits per heavy atom. The van der Waals surface area contributed by atoms with Crippen molar-refractivity contribution in [3.05, 3.63) is 29.8 Å². The summed E-state index contributed by atoms with van der Waals surface area (Å²) in [5, 5.41) is 2.86. The first-order chi connectivity index (χ1) is 10.8. The summed E-state index contributed by atoms with van der Waals surface area (Å²) in [4.78, 5) is 12.4. The van der Waals surface area contributed by atoms with Crippen LogP contribution in [0.1, 0.15) is 45.1 Å². The first kappa shape index (κ1) is 19.5. The number of carbonyl (C=O) groups excluding carboxylic acids is 1. The Hall–Kier alpha value is -1.56. The number of hydrogen-bond acceptors (Lipinski definition) is 3. The minimum atomic E-state index is -3.55. The molecule has 1 amide bonds. The summed E-state index contributed by atoms with van der Waals surface area (Å²) in [6.45, 7) is 6.43. The Kier molecular flexibility index (Phi) is 7.55. The van der Waals surface area contributed by atoms with Crippen molar-refractivity contribution in [3.63, 3.8) is 0 Å². The highest BCUT2D eigenvalue weighted by Crippen LogP contribution is 2.22. The van der Waals surface area contributed by atoms with E-state index in [1.54, 1.807) is 12.1 Å². The molecule has 0 saturated heterocycles. The van der Waals surface area contributed by atoms with Crippen molar-refractivity contribution in [1.29, 1.82) is 0 Å². The van der Waals surface area contributed by atoms with Gasteiger partial charge in [-0.2, -0.15) is 0 Å². The van der Waals surface area contributed by atoms with Crippen molar-refractivity contribution >= 4 is 21.6 Å². The molecule has 1 atom stereocenters. The minimum absolute atomic E-state index is 0.241. The van der Waals surface area contributed by atoms with E-state index >= 15 is 0 Å². The summed E-state index contributed by atoms with van der Waals surface area (Å²) in [5.74, 6) is -0.241. The molecule has 23 heavy (non-hydrogen) atoms. The Morgan fingerprint density at radius 1 is 1.17 bits per heavy atom. The molecule has 0 aromatic heterocycles. The Balaban J connectivity index is 2.99. The lowest BCUT2D eigenvalue weighted by Gasteiger charge is -2.30. The normalized spacial score (nSPS) is 12.7. The van der Waals surface area contributed by atoms with E-state index in [9.17, 15) is 13.2 Å². The molecule has 1 aromatic carbocycles. The number of benzene rings is 1. The third kappa shape index (κ3) is 5.86. The van der Waals surface area contributed by atoms with Crippen LogP contribution in [0.4, 0.5) is 5.69 Å². The van der Waals surface area contributed by atoms with Crippen LogP contribution in [0.15, 0.2) is 24.3 Å². The summed E-state index contributed by atoms with van der Waals surface area (Å²) in [6, 6.07) is 6.44. The van der Waals surface area contributed by atoms with Gasteiger partial charge in [0.25, 0.3) is 0 Å². The third-order valence-electron chi connectivity index (χ3n) is 3.70. The predicted octanol–water partition coefficient (Wildman–Crippen LogP) is 2.85. The molecule has 0 radical (unpaired) electrons. The average molecular weight is 340 g/mol. The van der Waals surface area contributed by atoms with Crippen LogP contribution < -0.4 is 9.62 Å². The van der Waals surface area contributed by atoms with E-state index in [0.717, 1.165) is 31.1 Å². The van der Waals surface area contributed by atoms with Gasteiger partial charge in [-0.1, -0.05) is 44.4 Å². The first-order valence-electron chi connectivity index (χ1n) is 8.15. The van der Waals surface area contributed by atoms with Crippen LogP contribution in [0.2, 0.25) is 0 Å². The number of aryl methyl sites for hydroxylation is 1. The lowest BCUT2D eigenvalue weighted by atomic mass is 10.1. The number of rotatable bonds is 9. The molecule has 5 nitrogen and oxygen atoms in total. The molecule has 0 aliphatic rings. The molecule has 1 aromatic rings. The summed E-state index contributed by atoms with van der Waals surface area (Å²) in [6.07, 6.45) is 4.58. The summed E-state index contributed by atoms with van der Waals surface area (Å²) in [5.41, 5.74) is 1.56. The van der Waals surface area contributed by atoms with E-state index < -0.39 is 16.1 Å². The average Bonchev–Trinajstić information content (AvgIpc) is 2.49. The van der Waals surface area contributed by atoms with Gasteiger partial charge >= 0.3 is 0 Å². The van der Waals surface area contributed by atoms with Crippen LogP contribution in [0.5, 0.6) is 0 Å². The van der Waals surface area contributed by atoms with Crippen LogP contribution in [0.3, 0.4) is 0 Å². The van der Waals surface area contributed by atoms with Crippen LogP contribution in [0.25, 0.3) is 0 Å². The molecular formula is C17H28N2O3S. The van der Waals surface area contributed by atoms with Gasteiger partial charge in [0.05, 0.1) is 11.9 Å². The van der Waals surface area contributed by atoms with Gasteiger partial charge in [0.1, 0.15) is 6.04 Å². The highest BCUT2D eigenvalue weighted by Gasteiger charge is 2.31. The Labute approximate surface area is 140 Å². The monoisotopic (exact) mass is 340 g/mol. The first-order valence-corrected chi connectivity index (χ1v) is 9.99. The molecule has 0 aliphatic carbocycles. The molecule has 0 spiro atoms. The number of carbonyl (C=O) groups is 1. The quantitative estimate of drug-likeness (QED) is 0.703. The van der Waals surface area contributed by atoms with E-state index in [-0.39, 0.29) is 5.91 Å². The summed E-state index contributed by atoms with van der Waals surface area (Å²) in [7, 11) is -3.55. The third-order valence-corrected chi connectivity index (χ3v) is 4.88. The minimum Gasteiger partial charge on any atom is -0.354 e.